The topological polar surface area (TPSA) is 87.2 Å². The molecule has 1 fully saturated rings. The summed E-state index contributed by atoms with van der Waals surface area (Å²) in [5.74, 6) is -4.01. The number of carbonyl (C=O) groups excluding carboxylic acids is 2. The minimum atomic E-state index is -2.77. The van der Waals surface area contributed by atoms with Crippen molar-refractivity contribution in [3.63, 3.8) is 0 Å². The van der Waals surface area contributed by atoms with Crippen LogP contribution >= 0.6 is 34.8 Å². The second-order valence-corrected chi connectivity index (χ2v) is 7.71. The Morgan fingerprint density at radius 1 is 0.900 bits per heavy atom. The highest BCUT2D eigenvalue weighted by molar-refractivity contribution is 6.34. The first-order valence-corrected chi connectivity index (χ1v) is 10.0. The molecule has 0 aliphatic carbocycles. The number of amides is 2. The molecule has 3 rings (SSSR count). The van der Waals surface area contributed by atoms with E-state index in [1.807, 2.05) is 0 Å². The van der Waals surface area contributed by atoms with Crippen LogP contribution in [0.4, 0.5) is 14.6 Å². The monoisotopic (exact) mass is 477 g/mol. The van der Waals surface area contributed by atoms with E-state index in [-0.39, 0.29) is 58.2 Å². The summed E-state index contributed by atoms with van der Waals surface area (Å²) in [6, 6.07) is 5.53. The lowest BCUT2D eigenvalue weighted by Gasteiger charge is -2.24. The molecule has 0 unspecified atom stereocenters. The van der Waals surface area contributed by atoms with Crippen molar-refractivity contribution in [2.75, 3.05) is 18.0 Å². The van der Waals surface area contributed by atoms with E-state index < -0.39 is 17.7 Å². The summed E-state index contributed by atoms with van der Waals surface area (Å²) < 4.78 is 27.4. The van der Waals surface area contributed by atoms with Crippen molar-refractivity contribution in [3.8, 4) is 0 Å². The molecule has 3 heterocycles. The fourth-order valence-corrected chi connectivity index (χ4v) is 3.52. The van der Waals surface area contributed by atoms with Gasteiger partial charge in [0, 0.05) is 25.9 Å². The largest absolute Gasteiger partial charge is 0.356 e. The second kappa shape index (κ2) is 9.28. The maximum absolute atomic E-state index is 13.7. The van der Waals surface area contributed by atoms with Gasteiger partial charge in [0.05, 0.1) is 11.1 Å². The van der Waals surface area contributed by atoms with Crippen LogP contribution in [0.5, 0.6) is 0 Å². The van der Waals surface area contributed by atoms with Crippen molar-refractivity contribution in [1.82, 2.24) is 20.8 Å². The lowest BCUT2D eigenvalue weighted by Crippen LogP contribution is -2.42. The molecule has 12 heteroatoms. The molecule has 0 saturated carbocycles. The standard InChI is InChI=1S/C18H16Cl3F2N5O2/c19-12-4-2-10(14(21)24-12)16(29)26-27-17(30)11-3-5-13(20)25-15(11)28-8-1-6-18(22,23)7-9-28/h2-5H,1,6-9H2,(H,26,29)(H,27,30). The Balaban J connectivity index is 1.75. The minimum Gasteiger partial charge on any atom is -0.356 e. The van der Waals surface area contributed by atoms with E-state index in [9.17, 15) is 18.4 Å². The van der Waals surface area contributed by atoms with Gasteiger partial charge >= 0.3 is 0 Å². The van der Waals surface area contributed by atoms with E-state index in [0.29, 0.717) is 6.54 Å². The highest BCUT2D eigenvalue weighted by Crippen LogP contribution is 2.31. The lowest BCUT2D eigenvalue weighted by atomic mass is 10.1. The van der Waals surface area contributed by atoms with Crippen molar-refractivity contribution >= 4 is 52.4 Å². The Bertz CT molecular complexity index is 977. The van der Waals surface area contributed by atoms with Crippen molar-refractivity contribution in [1.29, 1.82) is 0 Å². The molecule has 160 valence electrons. The number of hydrogen-bond acceptors (Lipinski definition) is 5. The highest BCUT2D eigenvalue weighted by Gasteiger charge is 2.33. The van der Waals surface area contributed by atoms with Gasteiger partial charge in [0.2, 0.25) is 5.92 Å². The summed E-state index contributed by atoms with van der Waals surface area (Å²) in [4.78, 5) is 34.4. The SMILES string of the molecule is O=C(NNC(=O)c1ccc(Cl)nc1N1CCCC(F)(F)CC1)c1ccc(Cl)nc1Cl. The maximum Gasteiger partial charge on any atom is 0.273 e. The van der Waals surface area contributed by atoms with Crippen LogP contribution in [0.2, 0.25) is 15.5 Å². The predicted octanol–water partition coefficient (Wildman–Crippen LogP) is 4.14. The molecular weight excluding hydrogens is 463 g/mol. The molecule has 1 aliphatic heterocycles. The van der Waals surface area contributed by atoms with E-state index >= 15 is 0 Å². The molecule has 1 aliphatic rings. The number of hydrogen-bond donors (Lipinski definition) is 2. The number of nitrogens with zero attached hydrogens (tertiary/aromatic N) is 3. The van der Waals surface area contributed by atoms with Crippen LogP contribution in [-0.2, 0) is 0 Å². The molecule has 7 nitrogen and oxygen atoms in total. The maximum atomic E-state index is 13.7. The average molecular weight is 479 g/mol. The zero-order valence-corrected chi connectivity index (χ0v) is 17.7. The fraction of sp³-hybridized carbons (Fsp3) is 0.333. The second-order valence-electron chi connectivity index (χ2n) is 6.58. The molecule has 0 spiro atoms. The van der Waals surface area contributed by atoms with Gasteiger partial charge in [0.25, 0.3) is 11.8 Å². The van der Waals surface area contributed by atoms with Crippen molar-refractivity contribution in [3.05, 3.63) is 50.9 Å². The third-order valence-electron chi connectivity index (χ3n) is 4.45. The van der Waals surface area contributed by atoms with Gasteiger partial charge in [-0.05, 0) is 30.7 Å². The Morgan fingerprint density at radius 3 is 2.17 bits per heavy atom. The summed E-state index contributed by atoms with van der Waals surface area (Å²) in [5, 5.41) is 0.0923. The fourth-order valence-electron chi connectivity index (χ4n) is 2.95. The molecule has 0 aromatic carbocycles. The van der Waals surface area contributed by atoms with Crippen LogP contribution in [-0.4, -0.2) is 40.8 Å². The zero-order chi connectivity index (χ0) is 21.9. The van der Waals surface area contributed by atoms with Crippen LogP contribution in [0.3, 0.4) is 0 Å². The molecular formula is C18H16Cl3F2N5O2. The van der Waals surface area contributed by atoms with E-state index in [0.717, 1.165) is 0 Å². The van der Waals surface area contributed by atoms with Gasteiger partial charge in [-0.2, -0.15) is 0 Å². The average Bonchev–Trinajstić information content (AvgIpc) is 2.86. The molecule has 30 heavy (non-hydrogen) atoms. The van der Waals surface area contributed by atoms with Gasteiger partial charge in [-0.25, -0.2) is 18.7 Å². The normalized spacial score (nSPS) is 16.0. The molecule has 0 atom stereocenters. The van der Waals surface area contributed by atoms with Crippen molar-refractivity contribution < 1.29 is 18.4 Å². The molecule has 2 N–H and O–H groups in total. The minimum absolute atomic E-state index is 0.00516. The zero-order valence-electron chi connectivity index (χ0n) is 15.4. The van der Waals surface area contributed by atoms with Crippen LogP contribution in [0.15, 0.2) is 24.3 Å². The molecule has 2 aromatic rings. The predicted molar refractivity (Wildman–Crippen MR) is 109 cm³/mol. The molecule has 2 aromatic heterocycles. The summed E-state index contributed by atoms with van der Waals surface area (Å²) in [5.41, 5.74) is 4.56. The third kappa shape index (κ3) is 5.47. The summed E-state index contributed by atoms with van der Waals surface area (Å²) in [6.45, 7) is 0.306. The van der Waals surface area contributed by atoms with Gasteiger partial charge in [-0.15, -0.1) is 0 Å². The summed E-state index contributed by atoms with van der Waals surface area (Å²) in [7, 11) is 0. The third-order valence-corrected chi connectivity index (χ3v) is 5.16. The number of hydrazine groups is 1. The van der Waals surface area contributed by atoms with E-state index in [1.54, 1.807) is 4.90 Å². The van der Waals surface area contributed by atoms with Gasteiger partial charge in [-0.3, -0.25) is 20.4 Å². The Morgan fingerprint density at radius 2 is 1.50 bits per heavy atom. The van der Waals surface area contributed by atoms with Crippen LogP contribution in [0, 0.1) is 0 Å². The number of alkyl halides is 2. The number of anilines is 1. The Labute approximate surface area is 185 Å². The van der Waals surface area contributed by atoms with Gasteiger partial charge in [0.15, 0.2) is 0 Å². The number of nitrogens with one attached hydrogen (secondary N) is 2. The molecule has 0 bridgehead atoms. The van der Waals surface area contributed by atoms with E-state index in [2.05, 4.69) is 20.8 Å². The molecule has 0 radical (unpaired) electrons. The highest BCUT2D eigenvalue weighted by atomic mass is 35.5. The van der Waals surface area contributed by atoms with Crippen molar-refractivity contribution in [2.45, 2.75) is 25.2 Å². The van der Waals surface area contributed by atoms with E-state index in [1.165, 1.54) is 24.3 Å². The quantitative estimate of drug-likeness (QED) is 0.511. The molecule has 2 amide bonds. The number of carbonyl (C=O) groups is 2. The van der Waals surface area contributed by atoms with Crippen LogP contribution < -0.4 is 15.8 Å². The van der Waals surface area contributed by atoms with E-state index in [4.69, 9.17) is 34.8 Å². The first-order chi connectivity index (χ1) is 14.2. The number of aromatic nitrogens is 2. The van der Waals surface area contributed by atoms with Crippen LogP contribution in [0.25, 0.3) is 0 Å². The number of pyridine rings is 2. The number of rotatable bonds is 3. The van der Waals surface area contributed by atoms with Crippen molar-refractivity contribution in [2.24, 2.45) is 0 Å². The first-order valence-electron chi connectivity index (χ1n) is 8.88. The summed E-state index contributed by atoms with van der Waals surface area (Å²) >= 11 is 17.5. The van der Waals surface area contributed by atoms with Crippen LogP contribution in [0.1, 0.15) is 40.0 Å². The molecule has 1 saturated heterocycles. The smallest absolute Gasteiger partial charge is 0.273 e. The lowest BCUT2D eigenvalue weighted by molar-refractivity contribution is -0.0102. The van der Waals surface area contributed by atoms with Gasteiger partial charge < -0.3 is 4.90 Å². The Kier molecular flexibility index (Phi) is 6.95. The van der Waals surface area contributed by atoms with Gasteiger partial charge in [-0.1, -0.05) is 34.8 Å². The first kappa shape index (κ1) is 22.5. The van der Waals surface area contributed by atoms with Gasteiger partial charge in [0.1, 0.15) is 21.3 Å². The Hall–Kier alpha value is -2.23. The number of halogens is 5. The summed E-state index contributed by atoms with van der Waals surface area (Å²) in [6.07, 6.45) is -0.361.